The maximum Gasteiger partial charge on any atom is 0.194 e. The van der Waals surface area contributed by atoms with Crippen molar-refractivity contribution in [2.24, 2.45) is 0 Å². The Morgan fingerprint density at radius 1 is 0.737 bits per heavy atom. The van der Waals surface area contributed by atoms with E-state index in [2.05, 4.69) is 31.9 Å². The van der Waals surface area contributed by atoms with Gasteiger partial charge in [-0.1, -0.05) is 74.3 Å². The van der Waals surface area contributed by atoms with Crippen LogP contribution in [0.5, 0.6) is 0 Å². The fourth-order valence-corrected chi connectivity index (χ4v) is 3.12. The first kappa shape index (κ1) is 12.8. The number of hydrogen-bond acceptors (Lipinski definition) is 2. The third-order valence-electron chi connectivity index (χ3n) is 3.22. The van der Waals surface area contributed by atoms with Crippen LogP contribution < -0.4 is 0 Å². The first-order valence-corrected chi connectivity index (χ1v) is 7.54. The number of hydrogen-bond donors (Lipinski definition) is 0. The number of benzene rings is 2. The molecule has 0 aromatic heterocycles. The van der Waals surface area contributed by atoms with Gasteiger partial charge in [-0.15, -0.1) is 0 Å². The van der Waals surface area contributed by atoms with Crippen LogP contribution in [-0.4, -0.2) is 11.6 Å². The van der Waals surface area contributed by atoms with Gasteiger partial charge in [0.15, 0.2) is 11.6 Å². The average Bonchev–Trinajstić information content (AvgIpc) is 2.44. The Bertz CT molecular complexity index is 705. The smallest absolute Gasteiger partial charge is 0.194 e. The highest BCUT2D eigenvalue weighted by atomic mass is 79.9. The number of alkyl halides is 2. The van der Waals surface area contributed by atoms with Crippen molar-refractivity contribution in [1.82, 2.24) is 0 Å². The summed E-state index contributed by atoms with van der Waals surface area (Å²) in [5.41, 5.74) is 2.71. The molecule has 2 nitrogen and oxygen atoms in total. The molecule has 19 heavy (non-hydrogen) atoms. The minimum Gasteiger partial charge on any atom is -0.289 e. The van der Waals surface area contributed by atoms with Crippen molar-refractivity contribution < 1.29 is 9.59 Å². The number of ketones is 2. The van der Waals surface area contributed by atoms with E-state index in [0.29, 0.717) is 22.3 Å². The van der Waals surface area contributed by atoms with Gasteiger partial charge >= 0.3 is 0 Å². The van der Waals surface area contributed by atoms with E-state index in [1.165, 1.54) is 0 Å². The standard InChI is InChI=1S/C15H8Br2O2/c16-15(17)11-7-3-6-10-12(11)14(19)9-5-2-1-4-8(9)13(10)18/h1-7,15H. The molecule has 0 radical (unpaired) electrons. The molecule has 0 saturated heterocycles. The molecule has 1 aliphatic rings. The normalized spacial score (nSPS) is 13.4. The molecule has 0 saturated carbocycles. The van der Waals surface area contributed by atoms with Gasteiger partial charge in [0.05, 0.1) is 3.74 Å². The van der Waals surface area contributed by atoms with Gasteiger partial charge in [0.2, 0.25) is 0 Å². The van der Waals surface area contributed by atoms with Crippen LogP contribution >= 0.6 is 31.9 Å². The molecule has 2 aromatic carbocycles. The lowest BCUT2D eigenvalue weighted by Gasteiger charge is -2.20. The molecule has 0 heterocycles. The molecule has 2 aromatic rings. The molecule has 0 fully saturated rings. The van der Waals surface area contributed by atoms with Crippen LogP contribution in [-0.2, 0) is 0 Å². The van der Waals surface area contributed by atoms with E-state index in [1.807, 2.05) is 6.07 Å². The van der Waals surface area contributed by atoms with Crippen molar-refractivity contribution in [2.45, 2.75) is 3.74 Å². The minimum atomic E-state index is -0.156. The largest absolute Gasteiger partial charge is 0.289 e. The molecule has 0 unspecified atom stereocenters. The summed E-state index contributed by atoms with van der Waals surface area (Å²) in [6.45, 7) is 0. The topological polar surface area (TPSA) is 34.1 Å². The van der Waals surface area contributed by atoms with Crippen LogP contribution in [0, 0.1) is 0 Å². The van der Waals surface area contributed by atoms with E-state index in [-0.39, 0.29) is 15.3 Å². The summed E-state index contributed by atoms with van der Waals surface area (Å²) in [5.74, 6) is -0.183. The lowest BCUT2D eigenvalue weighted by atomic mass is 9.82. The molecule has 0 atom stereocenters. The van der Waals surface area contributed by atoms with Crippen LogP contribution in [0.4, 0.5) is 0 Å². The van der Waals surface area contributed by atoms with Gasteiger partial charge in [0.1, 0.15) is 0 Å². The Hall–Kier alpha value is -1.26. The number of halogens is 2. The Morgan fingerprint density at radius 2 is 1.32 bits per heavy atom. The molecule has 4 heteroatoms. The van der Waals surface area contributed by atoms with Crippen molar-refractivity contribution in [2.75, 3.05) is 0 Å². The summed E-state index contributed by atoms with van der Waals surface area (Å²) in [7, 11) is 0. The van der Waals surface area contributed by atoms with E-state index in [1.54, 1.807) is 36.4 Å². The number of carbonyl (C=O) groups is 2. The van der Waals surface area contributed by atoms with Gasteiger partial charge in [-0.2, -0.15) is 0 Å². The highest BCUT2D eigenvalue weighted by Crippen LogP contribution is 2.37. The molecule has 0 aliphatic heterocycles. The maximum absolute atomic E-state index is 12.6. The second kappa shape index (κ2) is 4.69. The third-order valence-corrected chi connectivity index (χ3v) is 4.21. The minimum absolute atomic E-state index is 0.0901. The zero-order valence-corrected chi connectivity index (χ0v) is 12.9. The Kier molecular flexibility index (Phi) is 3.15. The molecule has 0 N–H and O–H groups in total. The van der Waals surface area contributed by atoms with E-state index >= 15 is 0 Å². The van der Waals surface area contributed by atoms with Crippen molar-refractivity contribution in [3.63, 3.8) is 0 Å². The molecular weight excluding hydrogens is 372 g/mol. The first-order chi connectivity index (χ1) is 9.11. The van der Waals surface area contributed by atoms with Gasteiger partial charge in [0, 0.05) is 22.3 Å². The van der Waals surface area contributed by atoms with E-state index in [4.69, 9.17) is 0 Å². The van der Waals surface area contributed by atoms with E-state index < -0.39 is 0 Å². The van der Waals surface area contributed by atoms with Crippen LogP contribution in [0.25, 0.3) is 0 Å². The second-order valence-electron chi connectivity index (χ2n) is 4.27. The SMILES string of the molecule is O=C1c2ccccc2C(=O)c2c1cccc2C(Br)Br. The summed E-state index contributed by atoms with van der Waals surface area (Å²) >= 11 is 6.80. The Balaban J connectivity index is 2.33. The summed E-state index contributed by atoms with van der Waals surface area (Å²) in [4.78, 5) is 25.0. The average molecular weight is 380 g/mol. The van der Waals surface area contributed by atoms with Gasteiger partial charge < -0.3 is 0 Å². The summed E-state index contributed by atoms with van der Waals surface area (Å²) < 4.78 is -0.156. The summed E-state index contributed by atoms with van der Waals surface area (Å²) in [6, 6.07) is 12.3. The number of carbonyl (C=O) groups excluding carboxylic acids is 2. The molecule has 0 spiro atoms. The highest BCUT2D eigenvalue weighted by molar-refractivity contribution is 9.24. The zero-order valence-electron chi connectivity index (χ0n) is 9.69. The van der Waals surface area contributed by atoms with Crippen LogP contribution in [0.2, 0.25) is 0 Å². The fraction of sp³-hybridized carbons (Fsp3) is 0.0667. The lowest BCUT2D eigenvalue weighted by molar-refractivity contribution is 0.0978. The first-order valence-electron chi connectivity index (χ1n) is 5.70. The number of rotatable bonds is 1. The third kappa shape index (κ3) is 1.90. The Morgan fingerprint density at radius 3 is 1.95 bits per heavy atom. The van der Waals surface area contributed by atoms with Crippen molar-refractivity contribution >= 4 is 43.4 Å². The van der Waals surface area contributed by atoms with Crippen molar-refractivity contribution in [3.8, 4) is 0 Å². The molecule has 0 amide bonds. The predicted octanol–water partition coefficient (Wildman–Crippen LogP) is 4.25. The number of fused-ring (bicyclic) bond motifs is 2. The monoisotopic (exact) mass is 378 g/mol. The fourth-order valence-electron chi connectivity index (χ4n) is 2.35. The molecule has 3 rings (SSSR count). The van der Waals surface area contributed by atoms with Gasteiger partial charge in [-0.3, -0.25) is 9.59 Å². The lowest BCUT2D eigenvalue weighted by Crippen LogP contribution is -2.22. The zero-order chi connectivity index (χ0) is 13.6. The molecule has 0 bridgehead atoms. The van der Waals surface area contributed by atoms with Crippen LogP contribution in [0.3, 0.4) is 0 Å². The van der Waals surface area contributed by atoms with Crippen molar-refractivity contribution in [3.05, 3.63) is 70.3 Å². The maximum atomic E-state index is 12.6. The second-order valence-corrected chi connectivity index (χ2v) is 7.33. The molecule has 1 aliphatic carbocycles. The Labute approximate surface area is 127 Å². The molecular formula is C15H8Br2O2. The highest BCUT2D eigenvalue weighted by Gasteiger charge is 2.31. The predicted molar refractivity (Wildman–Crippen MR) is 80.3 cm³/mol. The quantitative estimate of drug-likeness (QED) is 0.592. The van der Waals surface area contributed by atoms with E-state index in [9.17, 15) is 9.59 Å². The van der Waals surface area contributed by atoms with Gasteiger partial charge in [0.25, 0.3) is 0 Å². The summed E-state index contributed by atoms with van der Waals surface area (Å²) in [6.07, 6.45) is 0. The van der Waals surface area contributed by atoms with Gasteiger partial charge in [-0.25, -0.2) is 0 Å². The van der Waals surface area contributed by atoms with Gasteiger partial charge in [-0.05, 0) is 5.56 Å². The molecule has 94 valence electrons. The van der Waals surface area contributed by atoms with Crippen molar-refractivity contribution in [1.29, 1.82) is 0 Å². The van der Waals surface area contributed by atoms with Crippen LogP contribution in [0.15, 0.2) is 42.5 Å². The van der Waals surface area contributed by atoms with E-state index in [0.717, 1.165) is 5.56 Å². The summed E-state index contributed by atoms with van der Waals surface area (Å²) in [5, 5.41) is 0. The van der Waals surface area contributed by atoms with Crippen LogP contribution in [0.1, 0.15) is 41.1 Å².